The molecule has 0 saturated carbocycles. The van der Waals surface area contributed by atoms with E-state index in [1.807, 2.05) is 15.9 Å². The third kappa shape index (κ3) is 3.28. The molecule has 8 nitrogen and oxygen atoms in total. The third-order valence-electron chi connectivity index (χ3n) is 6.06. The maximum atomic E-state index is 14.8. The highest BCUT2D eigenvalue weighted by molar-refractivity contribution is 5.83. The predicted molar refractivity (Wildman–Crippen MR) is 110 cm³/mol. The lowest BCUT2D eigenvalue weighted by molar-refractivity contribution is -0.138. The fourth-order valence-electron chi connectivity index (χ4n) is 4.37. The molecule has 1 saturated heterocycles. The van der Waals surface area contributed by atoms with Crippen LogP contribution in [0.3, 0.4) is 0 Å². The summed E-state index contributed by atoms with van der Waals surface area (Å²) in [6, 6.07) is 3.35. The first-order chi connectivity index (χ1) is 14.5. The van der Waals surface area contributed by atoms with Crippen LogP contribution in [-0.2, 0) is 11.3 Å². The highest BCUT2D eigenvalue weighted by atomic mass is 19.1. The Balaban J connectivity index is 1.38. The highest BCUT2D eigenvalue weighted by Gasteiger charge is 2.24. The van der Waals surface area contributed by atoms with Gasteiger partial charge in [0.2, 0.25) is 5.95 Å². The van der Waals surface area contributed by atoms with Gasteiger partial charge in [0.25, 0.3) is 0 Å². The number of halogens is 1. The first kappa shape index (κ1) is 18.9. The van der Waals surface area contributed by atoms with Crippen molar-refractivity contribution in [3.63, 3.8) is 0 Å². The van der Waals surface area contributed by atoms with Crippen LogP contribution >= 0.6 is 0 Å². The van der Waals surface area contributed by atoms with Crippen molar-refractivity contribution in [2.24, 2.45) is 0 Å². The molecule has 2 aromatic heterocycles. The number of rotatable bonds is 4. The third-order valence-corrected chi connectivity index (χ3v) is 6.06. The summed E-state index contributed by atoms with van der Waals surface area (Å²) in [4.78, 5) is 28.3. The zero-order valence-corrected chi connectivity index (χ0v) is 16.8. The molecular formula is C21H23FN6O2. The van der Waals surface area contributed by atoms with Crippen LogP contribution in [0.1, 0.15) is 25.1 Å². The van der Waals surface area contributed by atoms with E-state index in [1.54, 1.807) is 12.4 Å². The second-order valence-corrected chi connectivity index (χ2v) is 8.06. The molecule has 5 rings (SSSR count). The first-order valence-electron chi connectivity index (χ1n) is 10.2. The van der Waals surface area contributed by atoms with Gasteiger partial charge in [0.1, 0.15) is 11.6 Å². The Morgan fingerprint density at radius 1 is 1.17 bits per heavy atom. The Labute approximate surface area is 173 Å². The highest BCUT2D eigenvalue weighted by Crippen LogP contribution is 2.34. The molecular weight excluding hydrogens is 387 g/mol. The van der Waals surface area contributed by atoms with E-state index in [4.69, 9.17) is 5.11 Å². The van der Waals surface area contributed by atoms with Crippen LogP contribution in [0, 0.1) is 5.82 Å². The number of fused-ring (bicyclic) bond motifs is 3. The number of carboxylic acid groups (broad SMARTS) is 1. The summed E-state index contributed by atoms with van der Waals surface area (Å²) in [5, 5.41) is 8.91. The molecule has 156 valence electrons. The van der Waals surface area contributed by atoms with E-state index in [2.05, 4.69) is 26.4 Å². The average molecular weight is 410 g/mol. The number of aliphatic carboxylic acids is 1. The van der Waals surface area contributed by atoms with Gasteiger partial charge in [-0.2, -0.15) is 0 Å². The quantitative estimate of drug-likeness (QED) is 0.706. The largest absolute Gasteiger partial charge is 0.480 e. The Morgan fingerprint density at radius 3 is 2.60 bits per heavy atom. The van der Waals surface area contributed by atoms with E-state index in [0.29, 0.717) is 54.7 Å². The molecule has 1 aromatic carbocycles. The van der Waals surface area contributed by atoms with Crippen LogP contribution in [-0.4, -0.2) is 68.2 Å². The Hall–Kier alpha value is -3.07. The number of imidazole rings is 1. The number of nitrogens with zero attached hydrogens (tertiary/aromatic N) is 6. The van der Waals surface area contributed by atoms with Crippen molar-refractivity contribution in [2.75, 3.05) is 37.6 Å². The fourth-order valence-corrected chi connectivity index (χ4v) is 4.37. The molecule has 4 heterocycles. The topological polar surface area (TPSA) is 87.4 Å². The van der Waals surface area contributed by atoms with Gasteiger partial charge in [-0.05, 0) is 12.5 Å². The van der Waals surface area contributed by atoms with Crippen molar-refractivity contribution >= 4 is 23.0 Å². The van der Waals surface area contributed by atoms with Crippen molar-refractivity contribution in [3.05, 3.63) is 36.2 Å². The van der Waals surface area contributed by atoms with Crippen LogP contribution in [0.4, 0.5) is 10.3 Å². The van der Waals surface area contributed by atoms with Gasteiger partial charge in [0.05, 0.1) is 17.6 Å². The number of hydrogen-bond donors (Lipinski definition) is 1. The number of aromatic nitrogens is 4. The summed E-state index contributed by atoms with van der Waals surface area (Å²) in [5.41, 5.74) is 2.74. The Bertz CT molecular complexity index is 1100. The lowest BCUT2D eigenvalue weighted by Crippen LogP contribution is -2.48. The minimum atomic E-state index is -0.818. The van der Waals surface area contributed by atoms with Crippen LogP contribution in [0.5, 0.6) is 0 Å². The first-order valence-corrected chi connectivity index (χ1v) is 10.2. The molecule has 3 aromatic rings. The van der Waals surface area contributed by atoms with Gasteiger partial charge in [-0.3, -0.25) is 9.69 Å². The molecule has 0 amide bonds. The molecule has 0 bridgehead atoms. The van der Waals surface area contributed by atoms with E-state index in [-0.39, 0.29) is 12.4 Å². The lowest BCUT2D eigenvalue weighted by atomic mass is 10.1. The van der Waals surface area contributed by atoms with Gasteiger partial charge in [0.15, 0.2) is 0 Å². The number of anilines is 1. The molecule has 0 spiro atoms. The lowest BCUT2D eigenvalue weighted by Gasteiger charge is -2.33. The van der Waals surface area contributed by atoms with Crippen LogP contribution < -0.4 is 4.90 Å². The number of hydrogen-bond acceptors (Lipinski definition) is 6. The molecule has 1 unspecified atom stereocenters. The van der Waals surface area contributed by atoms with E-state index < -0.39 is 5.97 Å². The number of carboxylic acids is 1. The number of piperazine rings is 1. The summed E-state index contributed by atoms with van der Waals surface area (Å²) < 4.78 is 17.0. The second-order valence-electron chi connectivity index (χ2n) is 8.06. The van der Waals surface area contributed by atoms with Crippen molar-refractivity contribution in [1.29, 1.82) is 0 Å². The molecule has 2 aliphatic heterocycles. The summed E-state index contributed by atoms with van der Waals surface area (Å²) >= 11 is 0. The average Bonchev–Trinajstić information content (AvgIpc) is 3.27. The van der Waals surface area contributed by atoms with Crippen LogP contribution in [0.25, 0.3) is 22.2 Å². The van der Waals surface area contributed by atoms with Gasteiger partial charge < -0.3 is 14.6 Å². The number of aryl methyl sites for hydroxylation is 1. The van der Waals surface area contributed by atoms with Gasteiger partial charge in [-0.1, -0.05) is 6.92 Å². The van der Waals surface area contributed by atoms with Crippen LogP contribution in [0.2, 0.25) is 0 Å². The minimum Gasteiger partial charge on any atom is -0.480 e. The molecule has 2 aliphatic rings. The fraction of sp³-hybridized carbons (Fsp3) is 0.429. The monoisotopic (exact) mass is 410 g/mol. The summed E-state index contributed by atoms with van der Waals surface area (Å²) in [7, 11) is 0. The van der Waals surface area contributed by atoms with E-state index in [1.165, 1.54) is 6.07 Å². The van der Waals surface area contributed by atoms with Gasteiger partial charge in [0, 0.05) is 68.2 Å². The zero-order chi connectivity index (χ0) is 20.8. The summed E-state index contributed by atoms with van der Waals surface area (Å²) in [6.07, 6.45) is 4.36. The predicted octanol–water partition coefficient (Wildman–Crippen LogP) is 2.35. The van der Waals surface area contributed by atoms with E-state index >= 15 is 0 Å². The van der Waals surface area contributed by atoms with Crippen molar-refractivity contribution in [3.8, 4) is 11.1 Å². The van der Waals surface area contributed by atoms with Gasteiger partial charge in [-0.15, -0.1) is 0 Å². The Morgan fingerprint density at radius 2 is 1.90 bits per heavy atom. The SMILES string of the molecule is CC1CCn2c1nc1cc(F)c(-c3cnc(N4CCN(CC(=O)O)CC4)nc3)cc12. The molecule has 1 fully saturated rings. The number of benzene rings is 1. The zero-order valence-electron chi connectivity index (χ0n) is 16.8. The maximum Gasteiger partial charge on any atom is 0.317 e. The molecule has 1 atom stereocenters. The van der Waals surface area contributed by atoms with Crippen molar-refractivity contribution in [2.45, 2.75) is 25.8 Å². The van der Waals surface area contributed by atoms with E-state index in [9.17, 15) is 9.18 Å². The van der Waals surface area contributed by atoms with Gasteiger partial charge in [-0.25, -0.2) is 19.3 Å². The molecule has 30 heavy (non-hydrogen) atoms. The molecule has 0 radical (unpaired) electrons. The molecule has 1 N–H and O–H groups in total. The molecule has 9 heteroatoms. The summed E-state index contributed by atoms with van der Waals surface area (Å²) in [6.45, 7) is 5.71. The Kier molecular flexibility index (Phi) is 4.62. The maximum absolute atomic E-state index is 14.8. The second kappa shape index (κ2) is 7.32. The normalized spacial score (nSPS) is 19.4. The van der Waals surface area contributed by atoms with Crippen molar-refractivity contribution < 1.29 is 14.3 Å². The smallest absolute Gasteiger partial charge is 0.317 e. The van der Waals surface area contributed by atoms with Gasteiger partial charge >= 0.3 is 5.97 Å². The minimum absolute atomic E-state index is 0.0481. The number of carbonyl (C=O) groups is 1. The summed E-state index contributed by atoms with van der Waals surface area (Å²) in [5.74, 6) is 0.846. The van der Waals surface area contributed by atoms with E-state index in [0.717, 1.165) is 24.3 Å². The standard InChI is InChI=1S/C21H23FN6O2/c1-13-2-3-28-18-8-15(16(22)9-17(18)25-20(13)28)14-10-23-21(24-11-14)27-6-4-26(5-7-27)12-19(29)30/h8-11,13H,2-7,12H2,1H3,(H,29,30). The van der Waals surface area contributed by atoms with Crippen molar-refractivity contribution in [1.82, 2.24) is 24.4 Å². The van der Waals surface area contributed by atoms with Crippen LogP contribution in [0.15, 0.2) is 24.5 Å². The molecule has 0 aliphatic carbocycles.